The Morgan fingerprint density at radius 3 is 2.71 bits per heavy atom. The number of hydrogen-bond acceptors (Lipinski definition) is 2. The third-order valence-electron chi connectivity index (χ3n) is 2.24. The lowest BCUT2D eigenvalue weighted by atomic mass is 10.0. The van der Waals surface area contributed by atoms with E-state index in [9.17, 15) is 0 Å². The van der Waals surface area contributed by atoms with Crippen LogP contribution in [-0.2, 0) is 6.42 Å². The Hall–Kier alpha value is -1.15. The predicted octanol–water partition coefficient (Wildman–Crippen LogP) is 2.67. The zero-order valence-corrected chi connectivity index (χ0v) is 9.28. The highest BCUT2D eigenvalue weighted by atomic mass is 35.5. The summed E-state index contributed by atoms with van der Waals surface area (Å²) in [6.07, 6.45) is 0.871. The van der Waals surface area contributed by atoms with E-state index in [1.165, 1.54) is 0 Å². The van der Waals surface area contributed by atoms with Gasteiger partial charge >= 0.3 is 0 Å². The highest BCUT2D eigenvalue weighted by molar-refractivity contribution is 6.31. The van der Waals surface area contributed by atoms with Gasteiger partial charge in [-0.05, 0) is 24.1 Å². The van der Waals surface area contributed by atoms with E-state index in [1.807, 2.05) is 26.1 Å². The van der Waals surface area contributed by atoms with Crippen molar-refractivity contribution >= 4 is 23.0 Å². The van der Waals surface area contributed by atoms with Gasteiger partial charge in [-0.15, -0.1) is 0 Å². The van der Waals surface area contributed by atoms with Gasteiger partial charge < -0.3 is 11.1 Å². The number of aryl methyl sites for hydroxylation is 1. The van der Waals surface area contributed by atoms with Crippen molar-refractivity contribution in [3.05, 3.63) is 34.9 Å². The minimum absolute atomic E-state index is 0.697. The van der Waals surface area contributed by atoms with Gasteiger partial charge in [0.1, 0.15) is 0 Å². The summed E-state index contributed by atoms with van der Waals surface area (Å²) in [5.41, 5.74) is 9.48. The molecule has 0 saturated heterocycles. The molecule has 1 aromatic rings. The van der Waals surface area contributed by atoms with Crippen LogP contribution in [0.25, 0.3) is 5.70 Å². The number of anilines is 1. The molecule has 3 heteroatoms. The highest BCUT2D eigenvalue weighted by Crippen LogP contribution is 2.27. The zero-order valence-electron chi connectivity index (χ0n) is 8.52. The number of rotatable bonds is 3. The first-order valence-electron chi connectivity index (χ1n) is 4.55. The fraction of sp³-hybridized carbons (Fsp3) is 0.273. The molecule has 0 saturated carbocycles. The van der Waals surface area contributed by atoms with Gasteiger partial charge in [0.2, 0.25) is 0 Å². The van der Waals surface area contributed by atoms with E-state index < -0.39 is 0 Å². The number of benzene rings is 1. The minimum atomic E-state index is 0.697. The fourth-order valence-corrected chi connectivity index (χ4v) is 1.59. The molecule has 14 heavy (non-hydrogen) atoms. The van der Waals surface area contributed by atoms with Crippen LogP contribution in [0.4, 0.5) is 5.69 Å². The summed E-state index contributed by atoms with van der Waals surface area (Å²) >= 11 is 5.98. The molecule has 0 fully saturated rings. The molecule has 2 nitrogen and oxygen atoms in total. The van der Waals surface area contributed by atoms with Gasteiger partial charge in [0.25, 0.3) is 0 Å². The first kappa shape index (κ1) is 10.9. The Kier molecular flexibility index (Phi) is 3.42. The minimum Gasteiger partial charge on any atom is -0.398 e. The van der Waals surface area contributed by atoms with Crippen LogP contribution in [0.2, 0.25) is 5.02 Å². The lowest BCUT2D eigenvalue weighted by molar-refractivity contribution is 1.11. The summed E-state index contributed by atoms with van der Waals surface area (Å²) in [5, 5.41) is 3.66. The van der Waals surface area contributed by atoms with Crippen LogP contribution in [0, 0.1) is 0 Å². The van der Waals surface area contributed by atoms with Crippen molar-refractivity contribution in [2.45, 2.75) is 13.3 Å². The Labute approximate surface area is 89.8 Å². The van der Waals surface area contributed by atoms with Gasteiger partial charge in [-0.2, -0.15) is 0 Å². The molecule has 76 valence electrons. The first-order chi connectivity index (χ1) is 6.60. The van der Waals surface area contributed by atoms with E-state index in [4.69, 9.17) is 17.3 Å². The van der Waals surface area contributed by atoms with Crippen molar-refractivity contribution in [3.63, 3.8) is 0 Å². The monoisotopic (exact) mass is 210 g/mol. The Balaban J connectivity index is 3.29. The number of halogens is 1. The average Bonchev–Trinajstić information content (AvgIpc) is 2.19. The van der Waals surface area contributed by atoms with Crippen molar-refractivity contribution in [2.75, 3.05) is 12.8 Å². The van der Waals surface area contributed by atoms with E-state index in [0.717, 1.165) is 28.9 Å². The molecule has 1 aromatic carbocycles. The van der Waals surface area contributed by atoms with Crippen LogP contribution in [-0.4, -0.2) is 7.05 Å². The SMILES string of the molecule is C=C(NC)c1cc(Cl)cc(CC)c1N. The van der Waals surface area contributed by atoms with Crippen LogP contribution in [0.5, 0.6) is 0 Å². The number of hydrogen-bond donors (Lipinski definition) is 2. The standard InChI is InChI=1S/C11H15ClN2/c1-4-8-5-9(12)6-10(11(8)13)7(2)14-3/h5-6,14H,2,4,13H2,1,3H3. The summed E-state index contributed by atoms with van der Waals surface area (Å²) in [5.74, 6) is 0. The van der Waals surface area contributed by atoms with Crippen molar-refractivity contribution < 1.29 is 0 Å². The fourth-order valence-electron chi connectivity index (χ4n) is 1.35. The summed E-state index contributed by atoms with van der Waals surface area (Å²) in [6, 6.07) is 3.72. The van der Waals surface area contributed by atoms with E-state index >= 15 is 0 Å². The Bertz CT molecular complexity index is 359. The van der Waals surface area contributed by atoms with E-state index in [1.54, 1.807) is 0 Å². The molecule has 1 rings (SSSR count). The molecule has 0 aliphatic heterocycles. The molecule has 0 atom stereocenters. The normalized spacial score (nSPS) is 9.93. The van der Waals surface area contributed by atoms with Gasteiger partial charge in [0.05, 0.1) is 0 Å². The van der Waals surface area contributed by atoms with Gasteiger partial charge in [0, 0.05) is 29.0 Å². The third-order valence-corrected chi connectivity index (χ3v) is 2.46. The second-order valence-electron chi connectivity index (χ2n) is 3.11. The lowest BCUT2D eigenvalue weighted by Gasteiger charge is -2.12. The van der Waals surface area contributed by atoms with E-state index in [2.05, 4.69) is 11.9 Å². The number of nitrogen functional groups attached to an aromatic ring is 1. The van der Waals surface area contributed by atoms with Crippen molar-refractivity contribution in [3.8, 4) is 0 Å². The van der Waals surface area contributed by atoms with Crippen molar-refractivity contribution in [2.24, 2.45) is 0 Å². The van der Waals surface area contributed by atoms with Crippen LogP contribution >= 0.6 is 11.6 Å². The number of nitrogens with one attached hydrogen (secondary N) is 1. The van der Waals surface area contributed by atoms with Crippen molar-refractivity contribution in [1.29, 1.82) is 0 Å². The van der Waals surface area contributed by atoms with E-state index in [-0.39, 0.29) is 0 Å². The quantitative estimate of drug-likeness (QED) is 0.753. The lowest BCUT2D eigenvalue weighted by Crippen LogP contribution is -2.07. The smallest absolute Gasteiger partial charge is 0.0441 e. The molecule has 0 aromatic heterocycles. The third kappa shape index (κ3) is 2.02. The molecule has 0 bridgehead atoms. The highest BCUT2D eigenvalue weighted by Gasteiger charge is 2.07. The van der Waals surface area contributed by atoms with E-state index in [0.29, 0.717) is 5.02 Å². The topological polar surface area (TPSA) is 38.0 Å². The predicted molar refractivity (Wildman–Crippen MR) is 63.3 cm³/mol. The molecule has 0 unspecified atom stereocenters. The molecule has 0 spiro atoms. The molecule has 0 aliphatic carbocycles. The maximum absolute atomic E-state index is 5.98. The second-order valence-corrected chi connectivity index (χ2v) is 3.54. The molecular weight excluding hydrogens is 196 g/mol. The molecule has 0 radical (unpaired) electrons. The largest absolute Gasteiger partial charge is 0.398 e. The molecular formula is C11H15ClN2. The summed E-state index contributed by atoms with van der Waals surface area (Å²) in [7, 11) is 1.81. The van der Waals surface area contributed by atoms with Crippen LogP contribution in [0.3, 0.4) is 0 Å². The molecule has 0 heterocycles. The van der Waals surface area contributed by atoms with Gasteiger partial charge in [-0.1, -0.05) is 25.1 Å². The molecule has 0 aliphatic rings. The van der Waals surface area contributed by atoms with Gasteiger partial charge in [0.15, 0.2) is 0 Å². The summed E-state index contributed by atoms with van der Waals surface area (Å²) in [6.45, 7) is 5.92. The Morgan fingerprint density at radius 1 is 1.57 bits per heavy atom. The molecule has 0 amide bonds. The maximum Gasteiger partial charge on any atom is 0.0441 e. The Morgan fingerprint density at radius 2 is 2.21 bits per heavy atom. The van der Waals surface area contributed by atoms with Crippen molar-refractivity contribution in [1.82, 2.24) is 5.32 Å². The first-order valence-corrected chi connectivity index (χ1v) is 4.92. The zero-order chi connectivity index (χ0) is 10.7. The molecule has 3 N–H and O–H groups in total. The van der Waals surface area contributed by atoms with Gasteiger partial charge in [-0.25, -0.2) is 0 Å². The second kappa shape index (κ2) is 4.38. The van der Waals surface area contributed by atoms with Gasteiger partial charge in [-0.3, -0.25) is 0 Å². The number of nitrogens with two attached hydrogens (primary N) is 1. The summed E-state index contributed by atoms with van der Waals surface area (Å²) < 4.78 is 0. The summed E-state index contributed by atoms with van der Waals surface area (Å²) in [4.78, 5) is 0. The van der Waals surface area contributed by atoms with Crippen LogP contribution in [0.15, 0.2) is 18.7 Å². The van der Waals surface area contributed by atoms with Crippen LogP contribution in [0.1, 0.15) is 18.1 Å². The average molecular weight is 211 g/mol. The maximum atomic E-state index is 5.98. The van der Waals surface area contributed by atoms with Crippen LogP contribution < -0.4 is 11.1 Å².